The van der Waals surface area contributed by atoms with E-state index < -0.39 is 0 Å². The first-order valence-corrected chi connectivity index (χ1v) is 7.06. The van der Waals surface area contributed by atoms with Crippen molar-refractivity contribution >= 4 is 11.9 Å². The molecule has 21 heavy (non-hydrogen) atoms. The third-order valence-corrected chi connectivity index (χ3v) is 3.02. The molecule has 0 saturated carbocycles. The van der Waals surface area contributed by atoms with Crippen LogP contribution in [0.1, 0.15) is 25.2 Å². The Morgan fingerprint density at radius 2 is 2.05 bits per heavy atom. The van der Waals surface area contributed by atoms with Gasteiger partial charge in [0.1, 0.15) is 12.3 Å². The summed E-state index contributed by atoms with van der Waals surface area (Å²) in [6.45, 7) is 6.83. The number of carbonyl (C=O) groups is 1. The van der Waals surface area contributed by atoms with Crippen LogP contribution in [0.25, 0.3) is 0 Å². The number of hydrogen-bond donors (Lipinski definition) is 1. The van der Waals surface area contributed by atoms with Crippen molar-refractivity contribution in [2.45, 2.75) is 33.4 Å². The smallest absolute Gasteiger partial charge is 0.243 e. The topological polar surface area (TPSA) is 61.1 Å². The van der Waals surface area contributed by atoms with E-state index in [1.165, 1.54) is 4.90 Å². The van der Waals surface area contributed by atoms with Crippen molar-refractivity contribution in [2.75, 3.05) is 27.7 Å². The maximum Gasteiger partial charge on any atom is 0.243 e. The minimum absolute atomic E-state index is 0.0223. The van der Waals surface area contributed by atoms with Gasteiger partial charge in [0.25, 0.3) is 0 Å². The highest BCUT2D eigenvalue weighted by atomic mass is 16.3. The number of aryl methyl sites for hydroxylation is 1. The summed E-state index contributed by atoms with van der Waals surface area (Å²) in [7, 11) is 5.40. The lowest BCUT2D eigenvalue weighted by molar-refractivity contribution is -0.127. The fourth-order valence-corrected chi connectivity index (χ4v) is 1.72. The second kappa shape index (κ2) is 7.71. The van der Waals surface area contributed by atoms with Crippen LogP contribution in [0.4, 0.5) is 0 Å². The van der Waals surface area contributed by atoms with Crippen molar-refractivity contribution in [3.05, 3.63) is 23.7 Å². The molecule has 0 fully saturated rings. The number of nitrogens with zero attached hydrogens (tertiary/aromatic N) is 3. The molecule has 0 radical (unpaired) electrons. The van der Waals surface area contributed by atoms with Gasteiger partial charge in [0.05, 0.1) is 6.26 Å². The van der Waals surface area contributed by atoms with Crippen LogP contribution >= 0.6 is 0 Å². The molecule has 0 spiro atoms. The van der Waals surface area contributed by atoms with Crippen LogP contribution in [0.15, 0.2) is 21.7 Å². The predicted octanol–water partition coefficient (Wildman–Crippen LogP) is 1.46. The van der Waals surface area contributed by atoms with Crippen molar-refractivity contribution in [1.82, 2.24) is 15.1 Å². The Labute approximate surface area is 126 Å². The lowest BCUT2D eigenvalue weighted by Crippen LogP contribution is -2.42. The van der Waals surface area contributed by atoms with Crippen LogP contribution in [0, 0.1) is 6.92 Å². The van der Waals surface area contributed by atoms with E-state index >= 15 is 0 Å². The summed E-state index contributed by atoms with van der Waals surface area (Å²) in [4.78, 5) is 19.6. The van der Waals surface area contributed by atoms with Gasteiger partial charge in [0, 0.05) is 39.3 Å². The van der Waals surface area contributed by atoms with Crippen molar-refractivity contribution in [3.8, 4) is 0 Å². The molecular formula is C15H26N4O2. The number of likely N-dealkylation sites (N-methyl/N-ethyl adjacent to an activating group) is 1. The molecule has 1 rings (SSSR count). The van der Waals surface area contributed by atoms with E-state index in [1.807, 2.05) is 38.8 Å². The van der Waals surface area contributed by atoms with Crippen molar-refractivity contribution in [2.24, 2.45) is 4.99 Å². The predicted molar refractivity (Wildman–Crippen MR) is 84.2 cm³/mol. The summed E-state index contributed by atoms with van der Waals surface area (Å²) in [5.74, 6) is 1.59. The quantitative estimate of drug-likeness (QED) is 0.660. The monoisotopic (exact) mass is 294 g/mol. The summed E-state index contributed by atoms with van der Waals surface area (Å²) in [6.07, 6.45) is 1.68. The largest absolute Gasteiger partial charge is 0.469 e. The van der Waals surface area contributed by atoms with Crippen LogP contribution in [0.3, 0.4) is 0 Å². The van der Waals surface area contributed by atoms with E-state index in [4.69, 9.17) is 4.42 Å². The first kappa shape index (κ1) is 17.1. The average molecular weight is 294 g/mol. The van der Waals surface area contributed by atoms with Gasteiger partial charge < -0.3 is 19.5 Å². The number of guanidine groups is 1. The molecule has 0 bridgehead atoms. The first-order chi connectivity index (χ1) is 9.81. The molecule has 1 aromatic rings. The molecule has 0 saturated heterocycles. The zero-order chi connectivity index (χ0) is 16.0. The second-order valence-electron chi connectivity index (χ2n) is 5.59. The van der Waals surface area contributed by atoms with Gasteiger partial charge in [-0.25, -0.2) is 4.99 Å². The number of amides is 1. The molecule has 1 amide bonds. The van der Waals surface area contributed by atoms with Crippen molar-refractivity contribution < 1.29 is 9.21 Å². The number of nitrogens with one attached hydrogen (secondary N) is 1. The molecule has 1 heterocycles. The number of rotatable bonds is 5. The normalized spacial score (nSPS) is 11.7. The van der Waals surface area contributed by atoms with Gasteiger partial charge in [-0.3, -0.25) is 4.79 Å². The lowest BCUT2D eigenvalue weighted by atomic mass is 10.2. The van der Waals surface area contributed by atoms with Gasteiger partial charge >= 0.3 is 0 Å². The van der Waals surface area contributed by atoms with Crippen LogP contribution < -0.4 is 5.32 Å². The Hall–Kier alpha value is -1.98. The van der Waals surface area contributed by atoms with Crippen LogP contribution in [0.5, 0.6) is 0 Å². The van der Waals surface area contributed by atoms with Crippen LogP contribution in [-0.4, -0.2) is 55.4 Å². The van der Waals surface area contributed by atoms with Gasteiger partial charge in [-0.2, -0.15) is 0 Å². The van der Waals surface area contributed by atoms with Gasteiger partial charge in [-0.15, -0.1) is 0 Å². The average Bonchev–Trinajstić information content (AvgIpc) is 2.79. The molecule has 0 atom stereocenters. The van der Waals surface area contributed by atoms with Crippen molar-refractivity contribution in [1.29, 1.82) is 0 Å². The van der Waals surface area contributed by atoms with Crippen LogP contribution in [-0.2, 0) is 11.3 Å². The van der Waals surface area contributed by atoms with E-state index in [2.05, 4.69) is 10.3 Å². The van der Waals surface area contributed by atoms with E-state index in [-0.39, 0.29) is 18.5 Å². The molecule has 6 heteroatoms. The Balaban J connectivity index is 2.78. The second-order valence-corrected chi connectivity index (χ2v) is 5.59. The number of aliphatic imine (C=N–C) groups is 1. The minimum Gasteiger partial charge on any atom is -0.469 e. The Morgan fingerprint density at radius 1 is 1.38 bits per heavy atom. The number of carbonyl (C=O) groups excluding carboxylic acids is 1. The summed E-state index contributed by atoms with van der Waals surface area (Å²) < 4.78 is 5.31. The maximum absolute atomic E-state index is 11.7. The number of furan rings is 1. The molecule has 6 nitrogen and oxygen atoms in total. The van der Waals surface area contributed by atoms with E-state index in [1.54, 1.807) is 20.4 Å². The molecular weight excluding hydrogens is 268 g/mol. The lowest BCUT2D eigenvalue weighted by Gasteiger charge is -2.24. The minimum atomic E-state index is -0.0223. The molecule has 118 valence electrons. The zero-order valence-electron chi connectivity index (χ0n) is 13.8. The molecule has 0 aliphatic rings. The highest BCUT2D eigenvalue weighted by Crippen LogP contribution is 2.11. The fraction of sp³-hybridized carbons (Fsp3) is 0.600. The molecule has 1 aromatic heterocycles. The molecule has 0 aliphatic heterocycles. The Kier molecular flexibility index (Phi) is 6.27. The third kappa shape index (κ3) is 5.49. The third-order valence-electron chi connectivity index (χ3n) is 3.02. The highest BCUT2D eigenvalue weighted by molar-refractivity contribution is 5.84. The number of hydrogen-bond acceptors (Lipinski definition) is 3. The summed E-state index contributed by atoms with van der Waals surface area (Å²) >= 11 is 0. The van der Waals surface area contributed by atoms with E-state index in [9.17, 15) is 4.79 Å². The van der Waals surface area contributed by atoms with Gasteiger partial charge in [-0.05, 0) is 26.8 Å². The van der Waals surface area contributed by atoms with Gasteiger partial charge in [0.2, 0.25) is 5.91 Å². The van der Waals surface area contributed by atoms with Crippen molar-refractivity contribution in [3.63, 3.8) is 0 Å². The summed E-state index contributed by atoms with van der Waals surface area (Å²) in [5, 5.41) is 3.28. The summed E-state index contributed by atoms with van der Waals surface area (Å²) in [6, 6.07) is 2.19. The van der Waals surface area contributed by atoms with E-state index in [0.717, 1.165) is 11.3 Å². The molecule has 0 aromatic carbocycles. The zero-order valence-corrected chi connectivity index (χ0v) is 13.8. The van der Waals surface area contributed by atoms with Gasteiger partial charge in [-0.1, -0.05) is 0 Å². The molecule has 0 unspecified atom stereocenters. The fourth-order valence-electron chi connectivity index (χ4n) is 1.72. The summed E-state index contributed by atoms with van der Waals surface area (Å²) in [5.41, 5.74) is 1.11. The SMILES string of the molecule is Cc1occc1CN(C)C(=NCC(=O)N(C)C)NC(C)C. The Bertz CT molecular complexity index is 492. The van der Waals surface area contributed by atoms with Crippen LogP contribution in [0.2, 0.25) is 0 Å². The first-order valence-electron chi connectivity index (χ1n) is 7.06. The van der Waals surface area contributed by atoms with E-state index in [0.29, 0.717) is 12.5 Å². The Morgan fingerprint density at radius 3 is 2.52 bits per heavy atom. The molecule has 1 N–H and O–H groups in total. The van der Waals surface area contributed by atoms with Gasteiger partial charge in [0.15, 0.2) is 5.96 Å². The molecule has 0 aliphatic carbocycles. The standard InChI is InChI=1S/C15H26N4O2/c1-11(2)17-15(16-9-14(20)18(4)5)19(6)10-13-7-8-21-12(13)3/h7-8,11H,9-10H2,1-6H3,(H,16,17). The maximum atomic E-state index is 11.7. The highest BCUT2D eigenvalue weighted by Gasteiger charge is 2.12.